The molecule has 1 saturated carbocycles. The van der Waals surface area contributed by atoms with Crippen molar-refractivity contribution in [2.24, 2.45) is 5.92 Å². The van der Waals surface area contributed by atoms with Crippen LogP contribution in [0.1, 0.15) is 52.4 Å². The maximum absolute atomic E-state index is 5.81. The molecule has 1 N–H and O–H groups in total. The third-order valence-electron chi connectivity index (χ3n) is 4.09. The Morgan fingerprint density at radius 2 is 1.95 bits per heavy atom. The standard InChI is InChI=1S/C17H27NO/c1-3-13-19-17-12-8-7-11-16(17)18-14(2)15-9-5-4-6-10-15/h7-8,11-12,14-15,18H,3-6,9-10,13H2,1-2H3. The molecule has 1 unspecified atom stereocenters. The Morgan fingerprint density at radius 1 is 1.21 bits per heavy atom. The van der Waals surface area contributed by atoms with Gasteiger partial charge in [-0.15, -0.1) is 0 Å². The van der Waals surface area contributed by atoms with Crippen molar-refractivity contribution in [3.8, 4) is 5.75 Å². The summed E-state index contributed by atoms with van der Waals surface area (Å²) in [7, 11) is 0. The van der Waals surface area contributed by atoms with Crippen molar-refractivity contribution in [1.29, 1.82) is 0 Å². The van der Waals surface area contributed by atoms with Gasteiger partial charge in [0.05, 0.1) is 12.3 Å². The molecular weight excluding hydrogens is 234 g/mol. The lowest BCUT2D eigenvalue weighted by Crippen LogP contribution is -2.27. The molecule has 0 bridgehead atoms. The van der Waals surface area contributed by atoms with Crippen LogP contribution >= 0.6 is 0 Å². The number of anilines is 1. The summed E-state index contributed by atoms with van der Waals surface area (Å²) in [6.45, 7) is 5.24. The lowest BCUT2D eigenvalue weighted by Gasteiger charge is -2.29. The topological polar surface area (TPSA) is 21.3 Å². The predicted octanol–water partition coefficient (Wildman–Crippen LogP) is 4.86. The van der Waals surface area contributed by atoms with Crippen molar-refractivity contribution < 1.29 is 4.74 Å². The smallest absolute Gasteiger partial charge is 0.142 e. The molecule has 0 aliphatic heterocycles. The molecule has 106 valence electrons. The van der Waals surface area contributed by atoms with Crippen molar-refractivity contribution in [2.45, 2.75) is 58.4 Å². The summed E-state index contributed by atoms with van der Waals surface area (Å²) < 4.78 is 5.81. The molecule has 2 heteroatoms. The van der Waals surface area contributed by atoms with Crippen molar-refractivity contribution >= 4 is 5.69 Å². The average Bonchev–Trinajstić information content (AvgIpc) is 2.47. The third kappa shape index (κ3) is 4.15. The van der Waals surface area contributed by atoms with Crippen LogP contribution in [0.25, 0.3) is 0 Å². The fourth-order valence-electron chi connectivity index (χ4n) is 2.92. The number of hydrogen-bond donors (Lipinski definition) is 1. The number of nitrogens with one attached hydrogen (secondary N) is 1. The molecule has 0 heterocycles. The van der Waals surface area contributed by atoms with Gasteiger partial charge in [-0.05, 0) is 44.2 Å². The van der Waals surface area contributed by atoms with Gasteiger partial charge >= 0.3 is 0 Å². The van der Waals surface area contributed by atoms with Gasteiger partial charge in [0, 0.05) is 6.04 Å². The second kappa shape index (κ2) is 7.42. The van der Waals surface area contributed by atoms with E-state index < -0.39 is 0 Å². The number of benzene rings is 1. The van der Waals surface area contributed by atoms with Crippen LogP contribution in [0, 0.1) is 5.92 Å². The summed E-state index contributed by atoms with van der Waals surface area (Å²) in [5.74, 6) is 1.81. The van der Waals surface area contributed by atoms with Crippen LogP contribution < -0.4 is 10.1 Å². The van der Waals surface area contributed by atoms with E-state index in [1.165, 1.54) is 32.1 Å². The Kier molecular flexibility index (Phi) is 5.56. The summed E-state index contributed by atoms with van der Waals surface area (Å²) in [6.07, 6.45) is 7.99. The summed E-state index contributed by atoms with van der Waals surface area (Å²) >= 11 is 0. The molecule has 1 aromatic carbocycles. The molecular formula is C17H27NO. The Hall–Kier alpha value is -1.18. The minimum atomic E-state index is 0.534. The van der Waals surface area contributed by atoms with Gasteiger partial charge in [0.1, 0.15) is 5.75 Å². The molecule has 1 atom stereocenters. The molecule has 0 radical (unpaired) electrons. The fraction of sp³-hybridized carbons (Fsp3) is 0.647. The van der Waals surface area contributed by atoms with Crippen LogP contribution in [-0.4, -0.2) is 12.6 Å². The molecule has 0 saturated heterocycles. The first kappa shape index (κ1) is 14.2. The fourth-order valence-corrected chi connectivity index (χ4v) is 2.92. The zero-order valence-electron chi connectivity index (χ0n) is 12.3. The highest BCUT2D eigenvalue weighted by molar-refractivity contribution is 5.56. The lowest BCUT2D eigenvalue weighted by atomic mass is 9.84. The lowest BCUT2D eigenvalue weighted by molar-refractivity contribution is 0.313. The van der Waals surface area contributed by atoms with E-state index in [1.807, 2.05) is 6.07 Å². The number of para-hydroxylation sites is 2. The monoisotopic (exact) mass is 261 g/mol. The van der Waals surface area contributed by atoms with Gasteiger partial charge in [-0.25, -0.2) is 0 Å². The number of hydrogen-bond acceptors (Lipinski definition) is 2. The van der Waals surface area contributed by atoms with Gasteiger partial charge in [-0.2, -0.15) is 0 Å². The quantitative estimate of drug-likeness (QED) is 0.790. The second-order valence-electron chi connectivity index (χ2n) is 5.68. The Morgan fingerprint density at radius 3 is 2.68 bits per heavy atom. The normalized spacial score (nSPS) is 18.0. The first-order valence-electron chi connectivity index (χ1n) is 7.79. The van der Waals surface area contributed by atoms with E-state index in [0.29, 0.717) is 6.04 Å². The van der Waals surface area contributed by atoms with Crippen LogP contribution in [0.3, 0.4) is 0 Å². The van der Waals surface area contributed by atoms with Crippen LogP contribution in [0.2, 0.25) is 0 Å². The third-order valence-corrected chi connectivity index (χ3v) is 4.09. The number of ether oxygens (including phenoxy) is 1. The highest BCUT2D eigenvalue weighted by atomic mass is 16.5. The van der Waals surface area contributed by atoms with Crippen LogP contribution in [-0.2, 0) is 0 Å². The van der Waals surface area contributed by atoms with E-state index in [0.717, 1.165) is 30.4 Å². The maximum Gasteiger partial charge on any atom is 0.142 e. The van der Waals surface area contributed by atoms with Crippen molar-refractivity contribution in [3.05, 3.63) is 24.3 Å². The molecule has 1 aromatic rings. The minimum absolute atomic E-state index is 0.534. The maximum atomic E-state index is 5.81. The summed E-state index contributed by atoms with van der Waals surface area (Å²) in [6, 6.07) is 8.85. The van der Waals surface area contributed by atoms with E-state index in [2.05, 4.69) is 37.4 Å². The van der Waals surface area contributed by atoms with E-state index in [-0.39, 0.29) is 0 Å². The molecule has 1 aliphatic carbocycles. The Balaban J connectivity index is 1.96. The van der Waals surface area contributed by atoms with Crippen molar-refractivity contribution in [1.82, 2.24) is 0 Å². The molecule has 0 aromatic heterocycles. The van der Waals surface area contributed by atoms with Gasteiger partial charge in [0.25, 0.3) is 0 Å². The van der Waals surface area contributed by atoms with E-state index >= 15 is 0 Å². The summed E-state index contributed by atoms with van der Waals surface area (Å²) in [5, 5.41) is 3.66. The molecule has 2 nitrogen and oxygen atoms in total. The Labute approximate surface area is 117 Å². The van der Waals surface area contributed by atoms with Crippen molar-refractivity contribution in [2.75, 3.05) is 11.9 Å². The highest BCUT2D eigenvalue weighted by Gasteiger charge is 2.20. The summed E-state index contributed by atoms with van der Waals surface area (Å²) in [5.41, 5.74) is 1.15. The Bertz CT molecular complexity index is 371. The van der Waals surface area contributed by atoms with E-state index in [9.17, 15) is 0 Å². The van der Waals surface area contributed by atoms with Crippen molar-refractivity contribution in [3.63, 3.8) is 0 Å². The molecule has 1 fully saturated rings. The molecule has 0 spiro atoms. The number of rotatable bonds is 6. The van der Waals surface area contributed by atoms with Gasteiger partial charge < -0.3 is 10.1 Å². The molecule has 19 heavy (non-hydrogen) atoms. The minimum Gasteiger partial charge on any atom is -0.491 e. The van der Waals surface area contributed by atoms with E-state index in [4.69, 9.17) is 4.74 Å². The first-order chi connectivity index (χ1) is 9.31. The largest absolute Gasteiger partial charge is 0.491 e. The van der Waals surface area contributed by atoms with Gasteiger partial charge in [-0.1, -0.05) is 38.3 Å². The predicted molar refractivity (Wildman–Crippen MR) is 81.9 cm³/mol. The zero-order chi connectivity index (χ0) is 13.5. The molecule has 0 amide bonds. The summed E-state index contributed by atoms with van der Waals surface area (Å²) in [4.78, 5) is 0. The van der Waals surface area contributed by atoms with Crippen LogP contribution in [0.15, 0.2) is 24.3 Å². The molecule has 2 rings (SSSR count). The van der Waals surface area contributed by atoms with Crippen LogP contribution in [0.4, 0.5) is 5.69 Å². The SMILES string of the molecule is CCCOc1ccccc1NC(C)C1CCCCC1. The van der Waals surface area contributed by atoms with Gasteiger partial charge in [0.15, 0.2) is 0 Å². The highest BCUT2D eigenvalue weighted by Crippen LogP contribution is 2.30. The first-order valence-corrected chi connectivity index (χ1v) is 7.79. The zero-order valence-corrected chi connectivity index (χ0v) is 12.3. The van der Waals surface area contributed by atoms with E-state index in [1.54, 1.807) is 0 Å². The molecule has 1 aliphatic rings. The average molecular weight is 261 g/mol. The second-order valence-corrected chi connectivity index (χ2v) is 5.68. The van der Waals surface area contributed by atoms with Gasteiger partial charge in [-0.3, -0.25) is 0 Å². The van der Waals surface area contributed by atoms with Gasteiger partial charge in [0.2, 0.25) is 0 Å². The van der Waals surface area contributed by atoms with Crippen LogP contribution in [0.5, 0.6) is 5.75 Å².